The van der Waals surface area contributed by atoms with E-state index in [1.165, 1.54) is 39.0 Å². The Balaban J connectivity index is 0.000000845. The van der Waals surface area contributed by atoms with Crippen molar-refractivity contribution in [3.63, 3.8) is 0 Å². The molecule has 86 valence electrons. The summed E-state index contributed by atoms with van der Waals surface area (Å²) < 4.78 is 5.33. The van der Waals surface area contributed by atoms with Gasteiger partial charge < -0.3 is 10.1 Å². The van der Waals surface area contributed by atoms with E-state index < -0.39 is 0 Å². The predicted molar refractivity (Wildman–Crippen MR) is 62.8 cm³/mol. The summed E-state index contributed by atoms with van der Waals surface area (Å²) >= 11 is 0. The van der Waals surface area contributed by atoms with Crippen LogP contribution in [0, 0.1) is 0 Å². The Morgan fingerprint density at radius 3 is 2.07 bits per heavy atom. The topological polar surface area (TPSA) is 24.5 Å². The first-order valence-corrected chi connectivity index (χ1v) is 4.87. The minimum Gasteiger partial charge on any atom is -0.381 e. The minimum absolute atomic E-state index is 0. The molecule has 0 aromatic rings. The Labute approximate surface area is 98.4 Å². The molecule has 0 amide bonds. The van der Waals surface area contributed by atoms with Crippen LogP contribution in [-0.4, -0.2) is 50.3 Å². The van der Waals surface area contributed by atoms with E-state index in [1.807, 2.05) is 7.11 Å². The molecule has 2 fully saturated rings. The van der Waals surface area contributed by atoms with Crippen LogP contribution in [0.1, 0.15) is 12.8 Å². The fourth-order valence-electron chi connectivity index (χ4n) is 2.01. The molecule has 0 bridgehead atoms. The van der Waals surface area contributed by atoms with Crippen LogP contribution in [-0.2, 0) is 4.74 Å². The number of likely N-dealkylation sites (tertiary alicyclic amines) is 1. The van der Waals surface area contributed by atoms with E-state index in [0.29, 0.717) is 6.10 Å². The van der Waals surface area contributed by atoms with Crippen molar-refractivity contribution in [3.05, 3.63) is 0 Å². The van der Waals surface area contributed by atoms with Gasteiger partial charge in [0, 0.05) is 39.3 Å². The summed E-state index contributed by atoms with van der Waals surface area (Å²) in [6, 6.07) is 0.822. The third-order valence-electron chi connectivity index (χ3n) is 3.09. The van der Waals surface area contributed by atoms with Crippen molar-refractivity contribution in [1.82, 2.24) is 10.2 Å². The van der Waals surface area contributed by atoms with Crippen molar-refractivity contribution >= 4 is 24.8 Å². The largest absolute Gasteiger partial charge is 0.381 e. The number of piperidine rings is 1. The van der Waals surface area contributed by atoms with Crippen LogP contribution >= 0.6 is 24.8 Å². The molecule has 3 nitrogen and oxygen atoms in total. The fraction of sp³-hybridized carbons (Fsp3) is 1.00. The second kappa shape index (κ2) is 6.85. The standard InChI is InChI=1S/C9H18N2O.2ClH/c1-12-9-2-4-11(5-3-9)8-6-10-7-8;;/h8-10H,2-7H2,1H3;2*1H. The molecule has 2 heterocycles. The first-order chi connectivity index (χ1) is 5.90. The lowest BCUT2D eigenvalue weighted by Gasteiger charge is -2.41. The number of nitrogens with one attached hydrogen (secondary N) is 1. The maximum atomic E-state index is 5.33. The Bertz CT molecular complexity index is 148. The molecular formula is C9H20Cl2N2O. The van der Waals surface area contributed by atoms with Gasteiger partial charge in [-0.1, -0.05) is 0 Å². The van der Waals surface area contributed by atoms with E-state index in [2.05, 4.69) is 10.2 Å². The van der Waals surface area contributed by atoms with Gasteiger partial charge in [0.15, 0.2) is 0 Å². The van der Waals surface area contributed by atoms with Gasteiger partial charge in [-0.3, -0.25) is 4.90 Å². The number of hydrogen-bond donors (Lipinski definition) is 1. The quantitative estimate of drug-likeness (QED) is 0.780. The van der Waals surface area contributed by atoms with Crippen molar-refractivity contribution in [2.24, 2.45) is 0 Å². The zero-order chi connectivity index (χ0) is 8.39. The Kier molecular flexibility index (Phi) is 7.08. The van der Waals surface area contributed by atoms with Gasteiger partial charge in [0.1, 0.15) is 0 Å². The number of nitrogens with zero attached hydrogens (tertiary/aromatic N) is 1. The Hall–Kier alpha value is 0.460. The lowest BCUT2D eigenvalue weighted by molar-refractivity contribution is 0.0183. The lowest BCUT2D eigenvalue weighted by atomic mass is 10.0. The van der Waals surface area contributed by atoms with Gasteiger partial charge in [-0.15, -0.1) is 24.8 Å². The van der Waals surface area contributed by atoms with Gasteiger partial charge in [0.05, 0.1) is 6.10 Å². The molecule has 2 saturated heterocycles. The predicted octanol–water partition coefficient (Wildman–Crippen LogP) is 0.913. The van der Waals surface area contributed by atoms with Crippen LogP contribution in [0.2, 0.25) is 0 Å². The summed E-state index contributed by atoms with van der Waals surface area (Å²) in [6.07, 6.45) is 2.95. The summed E-state index contributed by atoms with van der Waals surface area (Å²) in [4.78, 5) is 2.59. The highest BCUT2D eigenvalue weighted by Gasteiger charge is 2.28. The zero-order valence-electron chi connectivity index (χ0n) is 8.57. The van der Waals surface area contributed by atoms with Gasteiger partial charge in [-0.25, -0.2) is 0 Å². The van der Waals surface area contributed by atoms with Gasteiger partial charge >= 0.3 is 0 Å². The van der Waals surface area contributed by atoms with Gasteiger partial charge in [0.2, 0.25) is 0 Å². The molecule has 0 radical (unpaired) electrons. The SMILES string of the molecule is COC1CCN(C2CNC2)CC1.Cl.Cl. The summed E-state index contributed by atoms with van der Waals surface area (Å²) in [5.74, 6) is 0. The highest BCUT2D eigenvalue weighted by atomic mass is 35.5. The number of ether oxygens (including phenoxy) is 1. The fourth-order valence-corrected chi connectivity index (χ4v) is 2.01. The summed E-state index contributed by atoms with van der Waals surface area (Å²) in [6.45, 7) is 4.84. The van der Waals surface area contributed by atoms with Crippen LogP contribution in [0.4, 0.5) is 0 Å². The molecular weight excluding hydrogens is 223 g/mol. The molecule has 0 aromatic heterocycles. The van der Waals surface area contributed by atoms with E-state index in [9.17, 15) is 0 Å². The number of halogens is 2. The molecule has 5 heteroatoms. The van der Waals surface area contributed by atoms with Crippen molar-refractivity contribution < 1.29 is 4.74 Å². The number of methoxy groups -OCH3 is 1. The monoisotopic (exact) mass is 242 g/mol. The molecule has 0 aliphatic carbocycles. The normalized spacial score (nSPS) is 24.6. The smallest absolute Gasteiger partial charge is 0.0595 e. The highest BCUT2D eigenvalue weighted by Crippen LogP contribution is 2.16. The molecule has 0 spiro atoms. The average Bonchev–Trinajstić information content (AvgIpc) is 2.03. The first kappa shape index (κ1) is 14.5. The first-order valence-electron chi connectivity index (χ1n) is 4.87. The summed E-state index contributed by atoms with van der Waals surface area (Å²) in [5, 5.41) is 3.31. The maximum absolute atomic E-state index is 5.33. The van der Waals surface area contributed by atoms with E-state index in [4.69, 9.17) is 4.74 Å². The summed E-state index contributed by atoms with van der Waals surface area (Å²) in [7, 11) is 1.82. The molecule has 1 N–H and O–H groups in total. The molecule has 0 atom stereocenters. The van der Waals surface area contributed by atoms with Gasteiger partial charge in [-0.2, -0.15) is 0 Å². The molecule has 2 aliphatic rings. The van der Waals surface area contributed by atoms with Crippen molar-refractivity contribution in [3.8, 4) is 0 Å². The van der Waals surface area contributed by atoms with Crippen molar-refractivity contribution in [2.75, 3.05) is 33.3 Å². The molecule has 0 aromatic carbocycles. The van der Waals surface area contributed by atoms with Crippen LogP contribution in [0.3, 0.4) is 0 Å². The van der Waals surface area contributed by atoms with E-state index in [-0.39, 0.29) is 24.8 Å². The molecule has 0 saturated carbocycles. The number of hydrogen-bond acceptors (Lipinski definition) is 3. The van der Waals surface area contributed by atoms with Gasteiger partial charge in [-0.05, 0) is 12.8 Å². The van der Waals surface area contributed by atoms with Crippen LogP contribution in [0.5, 0.6) is 0 Å². The highest BCUT2D eigenvalue weighted by molar-refractivity contribution is 5.85. The van der Waals surface area contributed by atoms with Crippen LogP contribution in [0.25, 0.3) is 0 Å². The molecule has 0 unspecified atom stereocenters. The molecule has 2 aliphatic heterocycles. The number of rotatable bonds is 2. The third kappa shape index (κ3) is 3.24. The van der Waals surface area contributed by atoms with Crippen LogP contribution in [0.15, 0.2) is 0 Å². The maximum Gasteiger partial charge on any atom is 0.0595 e. The molecule has 2 rings (SSSR count). The Morgan fingerprint density at radius 1 is 1.14 bits per heavy atom. The lowest BCUT2D eigenvalue weighted by Crippen LogP contribution is -2.59. The van der Waals surface area contributed by atoms with Crippen molar-refractivity contribution in [1.29, 1.82) is 0 Å². The zero-order valence-corrected chi connectivity index (χ0v) is 10.2. The second-order valence-electron chi connectivity index (χ2n) is 3.78. The van der Waals surface area contributed by atoms with Gasteiger partial charge in [0.25, 0.3) is 0 Å². The van der Waals surface area contributed by atoms with Crippen LogP contribution < -0.4 is 5.32 Å². The molecule has 14 heavy (non-hydrogen) atoms. The average molecular weight is 243 g/mol. The van der Waals surface area contributed by atoms with Crippen molar-refractivity contribution in [2.45, 2.75) is 25.0 Å². The Morgan fingerprint density at radius 2 is 1.71 bits per heavy atom. The minimum atomic E-state index is 0. The second-order valence-corrected chi connectivity index (χ2v) is 3.78. The van der Waals surface area contributed by atoms with E-state index >= 15 is 0 Å². The third-order valence-corrected chi connectivity index (χ3v) is 3.09. The van der Waals surface area contributed by atoms with E-state index in [1.54, 1.807) is 0 Å². The summed E-state index contributed by atoms with van der Waals surface area (Å²) in [5.41, 5.74) is 0. The van der Waals surface area contributed by atoms with E-state index in [0.717, 1.165) is 6.04 Å².